The smallest absolute Gasteiger partial charge is 0.303 e. The molecule has 0 aliphatic carbocycles. The molecule has 3 saturated heterocycles. The summed E-state index contributed by atoms with van der Waals surface area (Å²) in [5, 5.41) is 24.6. The third-order valence-corrected chi connectivity index (χ3v) is 11.4. The lowest BCUT2D eigenvalue weighted by atomic mass is 9.85. The SMILES string of the molecule is O=C(O)CCCCCC(=O)NCc1cccc(-c2cccc([C@@H]3O[C@H](CN4CCC5(CC4)C(=O)NCN5c4ccccc4)C[C@H](c4ccc(CO)cc4)O3)c2)c1. The summed E-state index contributed by atoms with van der Waals surface area (Å²) in [4.78, 5) is 41.1. The molecule has 4 aromatic carbocycles. The van der Waals surface area contributed by atoms with E-state index in [4.69, 9.17) is 14.6 Å². The van der Waals surface area contributed by atoms with Crippen LogP contribution in [0.25, 0.3) is 11.1 Å². The van der Waals surface area contributed by atoms with Gasteiger partial charge in [-0.2, -0.15) is 0 Å². The van der Waals surface area contributed by atoms with Crippen LogP contribution in [0, 0.1) is 0 Å². The highest BCUT2D eigenvalue weighted by Gasteiger charge is 2.50. The van der Waals surface area contributed by atoms with Gasteiger partial charge in [0.15, 0.2) is 6.29 Å². The molecular formula is C45H52N4O7. The van der Waals surface area contributed by atoms with Gasteiger partial charge in [-0.3, -0.25) is 14.4 Å². The molecular weight excluding hydrogens is 709 g/mol. The van der Waals surface area contributed by atoms with Crippen molar-refractivity contribution in [2.45, 2.75) is 88.6 Å². The molecule has 11 heteroatoms. The van der Waals surface area contributed by atoms with Crippen molar-refractivity contribution in [1.82, 2.24) is 15.5 Å². The number of unbranched alkanes of at least 4 members (excludes halogenated alkanes) is 2. The molecule has 3 atom stereocenters. The number of anilines is 1. The van der Waals surface area contributed by atoms with E-state index in [1.54, 1.807) is 0 Å². The van der Waals surface area contributed by atoms with Gasteiger partial charge >= 0.3 is 5.97 Å². The second-order valence-electron chi connectivity index (χ2n) is 15.2. The maximum Gasteiger partial charge on any atom is 0.303 e. The molecule has 0 radical (unpaired) electrons. The van der Waals surface area contributed by atoms with E-state index in [2.05, 4.69) is 56.8 Å². The van der Waals surface area contributed by atoms with Gasteiger partial charge in [-0.15, -0.1) is 0 Å². The number of rotatable bonds is 15. The monoisotopic (exact) mass is 760 g/mol. The Kier molecular flexibility index (Phi) is 12.8. The number of ether oxygens (including phenoxy) is 2. The largest absolute Gasteiger partial charge is 0.481 e. The first-order valence-corrected chi connectivity index (χ1v) is 19.8. The number of carboxylic acids is 1. The van der Waals surface area contributed by atoms with E-state index < -0.39 is 17.8 Å². The molecule has 0 saturated carbocycles. The number of aliphatic hydroxyl groups is 1. The molecule has 0 bridgehead atoms. The van der Waals surface area contributed by atoms with E-state index in [0.29, 0.717) is 51.9 Å². The Morgan fingerprint density at radius 1 is 0.804 bits per heavy atom. The molecule has 7 rings (SSSR count). The second-order valence-corrected chi connectivity index (χ2v) is 15.2. The van der Waals surface area contributed by atoms with E-state index in [9.17, 15) is 19.5 Å². The fourth-order valence-electron chi connectivity index (χ4n) is 8.21. The Labute approximate surface area is 328 Å². The fourth-order valence-corrected chi connectivity index (χ4v) is 8.21. The Hall–Kier alpha value is -5.07. The van der Waals surface area contributed by atoms with Crippen LogP contribution in [0.4, 0.5) is 5.69 Å². The number of likely N-dealkylation sites (tertiary alicyclic amines) is 1. The number of aliphatic hydroxyl groups excluding tert-OH is 1. The zero-order valence-corrected chi connectivity index (χ0v) is 31.8. The van der Waals surface area contributed by atoms with Crippen LogP contribution in [0.2, 0.25) is 0 Å². The van der Waals surface area contributed by atoms with Gasteiger partial charge < -0.3 is 40.1 Å². The number of carbonyl (C=O) groups excluding carboxylic acids is 2. The summed E-state index contributed by atoms with van der Waals surface area (Å²) in [6.45, 7) is 3.16. The molecule has 3 fully saturated rings. The van der Waals surface area contributed by atoms with E-state index in [1.165, 1.54) is 0 Å². The molecule has 1 spiro atoms. The van der Waals surface area contributed by atoms with Crippen LogP contribution in [0.15, 0.2) is 103 Å². The predicted octanol–water partition coefficient (Wildman–Crippen LogP) is 6.47. The van der Waals surface area contributed by atoms with E-state index in [-0.39, 0.29) is 37.0 Å². The molecule has 0 unspecified atom stereocenters. The van der Waals surface area contributed by atoms with Gasteiger partial charge in [0.25, 0.3) is 0 Å². The van der Waals surface area contributed by atoms with Gasteiger partial charge in [0.2, 0.25) is 11.8 Å². The van der Waals surface area contributed by atoms with Gasteiger partial charge in [0.05, 0.1) is 25.5 Å². The van der Waals surface area contributed by atoms with Crippen LogP contribution < -0.4 is 15.5 Å². The average molecular weight is 761 g/mol. The Morgan fingerprint density at radius 2 is 1.54 bits per heavy atom. The molecule has 3 aliphatic rings. The van der Waals surface area contributed by atoms with Gasteiger partial charge in [-0.1, -0.05) is 85.3 Å². The van der Waals surface area contributed by atoms with Crippen LogP contribution in [-0.4, -0.2) is 70.8 Å². The molecule has 3 aliphatic heterocycles. The van der Waals surface area contributed by atoms with E-state index in [0.717, 1.165) is 65.0 Å². The van der Waals surface area contributed by atoms with Crippen molar-refractivity contribution in [1.29, 1.82) is 0 Å². The lowest BCUT2D eigenvalue weighted by Gasteiger charge is -2.45. The highest BCUT2D eigenvalue weighted by molar-refractivity contribution is 5.93. The van der Waals surface area contributed by atoms with Gasteiger partial charge in [-0.25, -0.2) is 0 Å². The standard InChI is InChI=1S/C45H52N4O7/c50-30-32-17-19-34(20-18-32)40-27-39(29-48-23-21-45(22-24-48)44(54)47-31-49(45)38-13-3-1-4-14-38)55-43(56-40)37-12-8-11-36(26-37)35-10-7-9-33(25-35)28-46-41(51)15-5-2-6-16-42(52)53/h1,3-4,7-14,17-20,25-26,39-40,43,50H,2,5-6,15-16,21-24,27-31H2,(H,46,51)(H,47,54)(H,52,53)/t39-,40+,43+/m0/s1. The summed E-state index contributed by atoms with van der Waals surface area (Å²) in [5.41, 5.74) is 6.29. The number of benzene rings is 4. The maximum atomic E-state index is 13.3. The summed E-state index contributed by atoms with van der Waals surface area (Å²) in [6.07, 6.45) is 3.63. The number of aliphatic carboxylic acids is 1. The first-order valence-electron chi connectivity index (χ1n) is 19.8. The number of carbonyl (C=O) groups is 3. The molecule has 4 aromatic rings. The first kappa shape index (κ1) is 39.2. The van der Waals surface area contributed by atoms with Crippen LogP contribution >= 0.6 is 0 Å². The van der Waals surface area contributed by atoms with Crippen LogP contribution in [0.5, 0.6) is 0 Å². The maximum absolute atomic E-state index is 13.3. The van der Waals surface area contributed by atoms with E-state index >= 15 is 0 Å². The van der Waals surface area contributed by atoms with Gasteiger partial charge in [-0.05, 0) is 77.8 Å². The fraction of sp³-hybridized carbons (Fsp3) is 0.400. The summed E-state index contributed by atoms with van der Waals surface area (Å²) in [7, 11) is 0. The summed E-state index contributed by atoms with van der Waals surface area (Å²) in [6, 6.07) is 34.4. The number of piperidine rings is 1. The number of nitrogens with one attached hydrogen (secondary N) is 2. The molecule has 3 heterocycles. The number of nitrogens with zero attached hydrogens (tertiary/aromatic N) is 2. The highest BCUT2D eigenvalue weighted by atomic mass is 16.7. The number of amides is 2. The quantitative estimate of drug-likeness (QED) is 0.100. The Bertz CT molecular complexity index is 1950. The van der Waals surface area contributed by atoms with Crippen molar-refractivity contribution in [3.63, 3.8) is 0 Å². The Morgan fingerprint density at radius 3 is 2.29 bits per heavy atom. The second kappa shape index (κ2) is 18.3. The summed E-state index contributed by atoms with van der Waals surface area (Å²) < 4.78 is 13.5. The number of para-hydroxylation sites is 1. The topological polar surface area (TPSA) is 141 Å². The Balaban J connectivity index is 1.02. The lowest BCUT2D eigenvalue weighted by Crippen LogP contribution is -2.57. The van der Waals surface area contributed by atoms with Crippen molar-refractivity contribution in [3.8, 4) is 11.1 Å². The third-order valence-electron chi connectivity index (χ3n) is 11.4. The zero-order chi connectivity index (χ0) is 38.9. The van der Waals surface area contributed by atoms with E-state index in [1.807, 2.05) is 66.7 Å². The third kappa shape index (κ3) is 9.47. The summed E-state index contributed by atoms with van der Waals surface area (Å²) in [5.74, 6) is -0.750. The van der Waals surface area contributed by atoms with Crippen molar-refractivity contribution >= 4 is 23.5 Å². The minimum absolute atomic E-state index is 0.0209. The van der Waals surface area contributed by atoms with Crippen LogP contribution in [0.1, 0.15) is 86.0 Å². The molecule has 11 nitrogen and oxygen atoms in total. The summed E-state index contributed by atoms with van der Waals surface area (Å²) >= 11 is 0. The predicted molar refractivity (Wildman–Crippen MR) is 213 cm³/mol. The van der Waals surface area contributed by atoms with Crippen molar-refractivity contribution in [2.75, 3.05) is 31.2 Å². The minimum Gasteiger partial charge on any atom is -0.481 e. The normalized spacial score (nSPS) is 20.8. The first-order chi connectivity index (χ1) is 27.3. The number of hydrogen-bond donors (Lipinski definition) is 4. The molecule has 0 aromatic heterocycles. The lowest BCUT2D eigenvalue weighted by molar-refractivity contribution is -0.253. The van der Waals surface area contributed by atoms with Crippen LogP contribution in [-0.2, 0) is 37.0 Å². The van der Waals surface area contributed by atoms with Gasteiger partial charge in [0, 0.05) is 56.7 Å². The minimum atomic E-state index is -0.808. The molecule has 4 N–H and O–H groups in total. The van der Waals surface area contributed by atoms with Gasteiger partial charge in [0.1, 0.15) is 5.54 Å². The molecule has 56 heavy (non-hydrogen) atoms. The average Bonchev–Trinajstić information content (AvgIpc) is 3.55. The van der Waals surface area contributed by atoms with Crippen LogP contribution in [0.3, 0.4) is 0 Å². The van der Waals surface area contributed by atoms with Crippen molar-refractivity contribution < 1.29 is 34.1 Å². The number of carboxylic acid groups (broad SMARTS) is 1. The zero-order valence-electron chi connectivity index (χ0n) is 31.8. The molecule has 294 valence electrons. The molecule has 2 amide bonds. The van der Waals surface area contributed by atoms with Crippen molar-refractivity contribution in [3.05, 3.63) is 125 Å². The highest BCUT2D eigenvalue weighted by Crippen LogP contribution is 2.41. The van der Waals surface area contributed by atoms with Crippen molar-refractivity contribution in [2.24, 2.45) is 0 Å². The number of hydrogen-bond acceptors (Lipinski definition) is 8.